The Kier molecular flexibility index (Phi) is 5.96. The summed E-state index contributed by atoms with van der Waals surface area (Å²) < 4.78 is 7.75. The summed E-state index contributed by atoms with van der Waals surface area (Å²) in [5, 5.41) is 4.96. The van der Waals surface area contributed by atoms with E-state index < -0.39 is 0 Å². The lowest BCUT2D eigenvalue weighted by Crippen LogP contribution is -2.36. The second-order valence-corrected chi connectivity index (χ2v) is 10.1. The summed E-state index contributed by atoms with van der Waals surface area (Å²) in [5.74, 6) is 1.95. The number of ether oxygens (including phenoxy) is 1. The summed E-state index contributed by atoms with van der Waals surface area (Å²) in [6.07, 6.45) is 7.84. The zero-order valence-corrected chi connectivity index (χ0v) is 19.7. The SMILES string of the molecule is c1ccc2c(c1)ncn2CCCNc1nc(CN2CCOCC2)nc2sc3c(c12)CCCC3. The molecule has 0 atom stereocenters. The van der Waals surface area contributed by atoms with E-state index >= 15 is 0 Å². The fourth-order valence-electron chi connectivity index (χ4n) is 5.00. The second-order valence-electron chi connectivity index (χ2n) is 8.98. The van der Waals surface area contributed by atoms with Crippen molar-refractivity contribution in [1.82, 2.24) is 24.4 Å². The van der Waals surface area contributed by atoms with Crippen LogP contribution in [0.5, 0.6) is 0 Å². The van der Waals surface area contributed by atoms with E-state index in [0.29, 0.717) is 0 Å². The van der Waals surface area contributed by atoms with Crippen molar-refractivity contribution in [3.05, 3.63) is 46.9 Å². The van der Waals surface area contributed by atoms with E-state index in [0.717, 1.165) is 80.8 Å². The van der Waals surface area contributed by atoms with E-state index in [1.807, 2.05) is 23.7 Å². The number of nitrogens with one attached hydrogen (secondary N) is 1. The maximum Gasteiger partial charge on any atom is 0.146 e. The Balaban J connectivity index is 1.22. The molecule has 3 aromatic heterocycles. The first kappa shape index (κ1) is 21.0. The molecule has 0 spiro atoms. The third-order valence-corrected chi connectivity index (χ3v) is 7.91. The number of fused-ring (bicyclic) bond motifs is 4. The van der Waals surface area contributed by atoms with Gasteiger partial charge in [0.15, 0.2) is 0 Å². The van der Waals surface area contributed by atoms with Crippen molar-refractivity contribution in [2.24, 2.45) is 0 Å². The smallest absolute Gasteiger partial charge is 0.146 e. The summed E-state index contributed by atoms with van der Waals surface area (Å²) in [5.41, 5.74) is 3.74. The van der Waals surface area contributed by atoms with Crippen LogP contribution in [0.1, 0.15) is 35.5 Å². The molecule has 2 aliphatic rings. The van der Waals surface area contributed by atoms with Crippen LogP contribution in [0.4, 0.5) is 5.82 Å². The normalized spacial score (nSPS) is 17.0. The molecule has 4 aromatic rings. The van der Waals surface area contributed by atoms with Crippen molar-refractivity contribution in [2.75, 3.05) is 38.2 Å². The number of rotatable bonds is 7. The molecule has 0 unspecified atom stereocenters. The van der Waals surface area contributed by atoms with Gasteiger partial charge in [0.25, 0.3) is 0 Å². The maximum absolute atomic E-state index is 5.51. The molecule has 1 saturated heterocycles. The van der Waals surface area contributed by atoms with Gasteiger partial charge in [0.2, 0.25) is 0 Å². The molecule has 0 amide bonds. The highest BCUT2D eigenvalue weighted by molar-refractivity contribution is 7.19. The predicted molar refractivity (Wildman–Crippen MR) is 133 cm³/mol. The highest BCUT2D eigenvalue weighted by atomic mass is 32.1. The van der Waals surface area contributed by atoms with Gasteiger partial charge in [-0.05, 0) is 49.8 Å². The van der Waals surface area contributed by atoms with Crippen LogP contribution in [0, 0.1) is 0 Å². The number of anilines is 1. The monoisotopic (exact) mass is 462 g/mol. The summed E-state index contributed by atoms with van der Waals surface area (Å²) in [6.45, 7) is 6.09. The number of benzene rings is 1. The Labute approximate surface area is 197 Å². The third-order valence-electron chi connectivity index (χ3n) is 6.73. The lowest BCUT2D eigenvalue weighted by Gasteiger charge is -2.25. The standard InChI is InChI=1S/C25H30N6OS/c1-4-9-21-18(6-1)23-24(26-10-5-11-31-17-27-19-7-2-3-8-20(19)31)28-22(29-25(23)33-21)16-30-12-14-32-15-13-30/h2-3,7-8,17H,1,4-6,9-16H2,(H,26,28,29). The summed E-state index contributed by atoms with van der Waals surface area (Å²) in [6, 6.07) is 8.32. The van der Waals surface area contributed by atoms with Crippen LogP contribution in [0.25, 0.3) is 21.3 Å². The molecule has 172 valence electrons. The number of hydrogen-bond donors (Lipinski definition) is 1. The quantitative estimate of drug-likeness (QED) is 0.414. The van der Waals surface area contributed by atoms with Gasteiger partial charge in [-0.3, -0.25) is 4.90 Å². The van der Waals surface area contributed by atoms with E-state index in [-0.39, 0.29) is 0 Å². The Morgan fingerprint density at radius 1 is 1.06 bits per heavy atom. The van der Waals surface area contributed by atoms with E-state index in [1.165, 1.54) is 40.6 Å². The fourth-order valence-corrected chi connectivity index (χ4v) is 6.28. The van der Waals surface area contributed by atoms with E-state index in [1.54, 1.807) is 0 Å². The minimum absolute atomic E-state index is 0.789. The molecule has 1 aliphatic carbocycles. The first-order valence-electron chi connectivity index (χ1n) is 12.1. The van der Waals surface area contributed by atoms with E-state index in [4.69, 9.17) is 14.7 Å². The third kappa shape index (κ3) is 4.35. The van der Waals surface area contributed by atoms with Crippen LogP contribution in [0.15, 0.2) is 30.6 Å². The number of imidazole rings is 1. The van der Waals surface area contributed by atoms with Gasteiger partial charge in [-0.25, -0.2) is 15.0 Å². The zero-order chi connectivity index (χ0) is 22.0. The lowest BCUT2D eigenvalue weighted by molar-refractivity contribution is 0.0331. The van der Waals surface area contributed by atoms with E-state index in [2.05, 4.69) is 38.0 Å². The van der Waals surface area contributed by atoms with Crippen molar-refractivity contribution in [3.63, 3.8) is 0 Å². The van der Waals surface area contributed by atoms with Gasteiger partial charge in [0.05, 0.1) is 42.5 Å². The van der Waals surface area contributed by atoms with Gasteiger partial charge in [0.1, 0.15) is 16.5 Å². The molecule has 8 heteroatoms. The number of morpholine rings is 1. The molecule has 0 radical (unpaired) electrons. The topological polar surface area (TPSA) is 68.1 Å². The zero-order valence-electron chi connectivity index (χ0n) is 18.9. The first-order valence-corrected chi connectivity index (χ1v) is 12.9. The molecular formula is C25H30N6OS. The van der Waals surface area contributed by atoms with Gasteiger partial charge in [-0.2, -0.15) is 0 Å². The average Bonchev–Trinajstić information content (AvgIpc) is 3.43. The van der Waals surface area contributed by atoms with Crippen LogP contribution >= 0.6 is 11.3 Å². The Bertz CT molecular complexity index is 1260. The van der Waals surface area contributed by atoms with Crippen LogP contribution in [0.2, 0.25) is 0 Å². The Hall–Kier alpha value is -2.55. The second kappa shape index (κ2) is 9.37. The minimum atomic E-state index is 0.789. The molecule has 7 nitrogen and oxygen atoms in total. The maximum atomic E-state index is 5.51. The van der Waals surface area contributed by atoms with Crippen LogP contribution < -0.4 is 5.32 Å². The first-order chi connectivity index (χ1) is 16.3. The molecule has 4 heterocycles. The van der Waals surface area contributed by atoms with Crippen LogP contribution in [-0.2, 0) is 30.7 Å². The number of aromatic nitrogens is 4. The molecule has 6 rings (SSSR count). The highest BCUT2D eigenvalue weighted by Gasteiger charge is 2.22. The van der Waals surface area contributed by atoms with Crippen molar-refractivity contribution in [3.8, 4) is 0 Å². The van der Waals surface area contributed by atoms with Crippen molar-refractivity contribution in [1.29, 1.82) is 0 Å². The Morgan fingerprint density at radius 3 is 2.88 bits per heavy atom. The number of nitrogens with zero attached hydrogens (tertiary/aromatic N) is 5. The number of thiophene rings is 1. The summed E-state index contributed by atoms with van der Waals surface area (Å²) in [4.78, 5) is 19.6. The average molecular weight is 463 g/mol. The Morgan fingerprint density at radius 2 is 1.94 bits per heavy atom. The molecule has 33 heavy (non-hydrogen) atoms. The van der Waals surface area contributed by atoms with E-state index in [9.17, 15) is 0 Å². The molecule has 0 saturated carbocycles. The van der Waals surface area contributed by atoms with Crippen LogP contribution in [0.3, 0.4) is 0 Å². The van der Waals surface area contributed by atoms with Gasteiger partial charge < -0.3 is 14.6 Å². The minimum Gasteiger partial charge on any atom is -0.379 e. The molecule has 0 bridgehead atoms. The summed E-state index contributed by atoms with van der Waals surface area (Å²) in [7, 11) is 0. The van der Waals surface area contributed by atoms with Gasteiger partial charge in [-0.1, -0.05) is 12.1 Å². The summed E-state index contributed by atoms with van der Waals surface area (Å²) >= 11 is 1.88. The number of para-hydroxylation sites is 2. The molecule has 1 N–H and O–H groups in total. The van der Waals surface area contributed by atoms with Gasteiger partial charge in [0, 0.05) is 31.1 Å². The van der Waals surface area contributed by atoms with Crippen molar-refractivity contribution < 1.29 is 4.74 Å². The molecule has 1 aromatic carbocycles. The van der Waals surface area contributed by atoms with Crippen LogP contribution in [-0.4, -0.2) is 57.3 Å². The van der Waals surface area contributed by atoms with Crippen molar-refractivity contribution >= 4 is 38.4 Å². The largest absolute Gasteiger partial charge is 0.379 e. The predicted octanol–water partition coefficient (Wildman–Crippen LogP) is 4.25. The van der Waals surface area contributed by atoms with Gasteiger partial charge in [-0.15, -0.1) is 11.3 Å². The molecule has 1 aliphatic heterocycles. The van der Waals surface area contributed by atoms with Crippen molar-refractivity contribution in [2.45, 2.75) is 45.2 Å². The fraction of sp³-hybridized carbons (Fsp3) is 0.480. The number of hydrogen-bond acceptors (Lipinski definition) is 7. The highest BCUT2D eigenvalue weighted by Crippen LogP contribution is 2.38. The number of aryl methyl sites for hydroxylation is 3. The molecule has 1 fully saturated rings. The van der Waals surface area contributed by atoms with Gasteiger partial charge >= 0.3 is 0 Å². The molecular weight excluding hydrogens is 432 g/mol. The lowest BCUT2D eigenvalue weighted by atomic mass is 9.97.